The van der Waals surface area contributed by atoms with E-state index in [1.807, 2.05) is 6.92 Å². The van der Waals surface area contributed by atoms with Crippen LogP contribution >= 0.6 is 0 Å². The van der Waals surface area contributed by atoms with E-state index in [4.69, 9.17) is 14.9 Å². The molecule has 0 rings (SSSR count). The van der Waals surface area contributed by atoms with Crippen molar-refractivity contribution in [1.82, 2.24) is 0 Å². The van der Waals surface area contributed by atoms with E-state index in [-0.39, 0.29) is 6.29 Å². The maximum absolute atomic E-state index is 10.3. The Labute approximate surface area is 83.3 Å². The summed E-state index contributed by atoms with van der Waals surface area (Å²) in [6.07, 6.45) is -1.68. The molecule has 0 aromatic carbocycles. The van der Waals surface area contributed by atoms with E-state index in [0.29, 0.717) is 6.61 Å². The Morgan fingerprint density at radius 3 is 2.50 bits per heavy atom. The summed E-state index contributed by atoms with van der Waals surface area (Å²) in [5.41, 5.74) is 0. The average Bonchev–Trinajstić information content (AvgIpc) is 2.22. The number of unbranched alkanes of at least 4 members (excludes halogenated alkanes) is 1. The van der Waals surface area contributed by atoms with Gasteiger partial charge in [0.05, 0.1) is 6.61 Å². The van der Waals surface area contributed by atoms with Crippen molar-refractivity contribution in [1.29, 1.82) is 0 Å². The molecule has 0 amide bonds. The second-order valence-corrected chi connectivity index (χ2v) is 3.07. The molecule has 5 heteroatoms. The van der Waals surface area contributed by atoms with Crippen molar-refractivity contribution in [3.63, 3.8) is 0 Å². The number of rotatable bonds is 8. The van der Waals surface area contributed by atoms with E-state index in [1.54, 1.807) is 0 Å². The van der Waals surface area contributed by atoms with Crippen LogP contribution in [0.1, 0.15) is 19.8 Å². The van der Waals surface area contributed by atoms with Crippen molar-refractivity contribution in [3.05, 3.63) is 0 Å². The molecule has 0 aliphatic rings. The molecule has 0 fully saturated rings. The van der Waals surface area contributed by atoms with Gasteiger partial charge in [-0.25, -0.2) is 0 Å². The maximum atomic E-state index is 10.3. The highest BCUT2D eigenvalue weighted by molar-refractivity contribution is 5.56. The minimum Gasteiger partial charge on any atom is -0.394 e. The largest absolute Gasteiger partial charge is 0.394 e. The first kappa shape index (κ1) is 13.5. The monoisotopic (exact) mass is 206 g/mol. The Kier molecular flexibility index (Phi) is 7.60. The molecule has 0 aliphatic heterocycles. The third-order valence-corrected chi connectivity index (χ3v) is 1.85. The van der Waals surface area contributed by atoms with E-state index in [1.165, 1.54) is 0 Å². The summed E-state index contributed by atoms with van der Waals surface area (Å²) < 4.78 is 5.10. The first-order valence-electron chi connectivity index (χ1n) is 4.71. The molecule has 0 aromatic heterocycles. The van der Waals surface area contributed by atoms with Crippen LogP contribution in [0.5, 0.6) is 0 Å². The highest BCUT2D eigenvalue weighted by Crippen LogP contribution is 2.05. The van der Waals surface area contributed by atoms with Gasteiger partial charge >= 0.3 is 0 Å². The molecule has 0 spiro atoms. The first-order valence-corrected chi connectivity index (χ1v) is 4.71. The quantitative estimate of drug-likeness (QED) is 0.353. The van der Waals surface area contributed by atoms with Gasteiger partial charge in [-0.3, -0.25) is 0 Å². The summed E-state index contributed by atoms with van der Waals surface area (Å²) in [6, 6.07) is 0. The molecule has 14 heavy (non-hydrogen) atoms. The lowest BCUT2D eigenvalue weighted by Crippen LogP contribution is -2.42. The van der Waals surface area contributed by atoms with E-state index >= 15 is 0 Å². The lowest BCUT2D eigenvalue weighted by Gasteiger charge is -2.23. The van der Waals surface area contributed by atoms with Crippen molar-refractivity contribution in [2.24, 2.45) is 0 Å². The molecule has 0 bridgehead atoms. The van der Waals surface area contributed by atoms with E-state index in [9.17, 15) is 9.90 Å². The SMILES string of the molecule is CCCCO[C@@H]([C@H](O)CO)[C@@H](O)C=O. The number of aliphatic hydroxyl groups is 3. The zero-order chi connectivity index (χ0) is 11.0. The third kappa shape index (κ3) is 4.66. The third-order valence-electron chi connectivity index (χ3n) is 1.85. The summed E-state index contributed by atoms with van der Waals surface area (Å²) in [7, 11) is 0. The number of carbonyl (C=O) groups is 1. The standard InChI is InChI=1S/C9H18O5/c1-2-3-4-14-9(7(12)5-10)8(13)6-11/h5,7-9,11-13H,2-4,6H2,1H3/t7-,8+,9+/m0/s1. The molecule has 84 valence electrons. The average molecular weight is 206 g/mol. The van der Waals surface area contributed by atoms with Crippen LogP contribution in [0.3, 0.4) is 0 Å². The number of carbonyl (C=O) groups excluding carboxylic acids is 1. The number of hydrogen-bond donors (Lipinski definition) is 3. The van der Waals surface area contributed by atoms with E-state index in [0.717, 1.165) is 12.8 Å². The topological polar surface area (TPSA) is 87.0 Å². The van der Waals surface area contributed by atoms with Gasteiger partial charge in [-0.2, -0.15) is 0 Å². The Bertz CT molecular complexity index is 150. The predicted molar refractivity (Wildman–Crippen MR) is 49.8 cm³/mol. The van der Waals surface area contributed by atoms with Gasteiger partial charge in [0, 0.05) is 6.61 Å². The van der Waals surface area contributed by atoms with Crippen LogP contribution in [0.4, 0.5) is 0 Å². The fourth-order valence-corrected chi connectivity index (χ4v) is 0.982. The van der Waals surface area contributed by atoms with Crippen LogP contribution < -0.4 is 0 Å². The Balaban J connectivity index is 4.03. The van der Waals surface area contributed by atoms with Gasteiger partial charge in [-0.1, -0.05) is 13.3 Å². The summed E-state index contributed by atoms with van der Waals surface area (Å²) in [4.78, 5) is 10.3. The highest BCUT2D eigenvalue weighted by Gasteiger charge is 2.26. The molecule has 3 atom stereocenters. The van der Waals surface area contributed by atoms with Crippen LogP contribution in [0.25, 0.3) is 0 Å². The molecule has 5 nitrogen and oxygen atoms in total. The summed E-state index contributed by atoms with van der Waals surface area (Å²) in [5, 5.41) is 27.0. The van der Waals surface area contributed by atoms with Crippen molar-refractivity contribution in [3.8, 4) is 0 Å². The minimum absolute atomic E-state index is 0.287. The normalized spacial score (nSPS) is 17.4. The predicted octanol–water partition coefficient (Wildman–Crippen LogP) is -0.915. The van der Waals surface area contributed by atoms with Crippen molar-refractivity contribution >= 4 is 6.29 Å². The van der Waals surface area contributed by atoms with Gasteiger partial charge in [0.2, 0.25) is 0 Å². The first-order chi connectivity index (χ1) is 6.67. The van der Waals surface area contributed by atoms with Crippen LogP contribution in [0, 0.1) is 0 Å². The van der Waals surface area contributed by atoms with Crippen LogP contribution in [0.15, 0.2) is 0 Å². The number of aliphatic hydroxyl groups excluding tert-OH is 3. The Hall–Kier alpha value is -0.490. The number of hydrogen-bond acceptors (Lipinski definition) is 5. The van der Waals surface area contributed by atoms with E-state index < -0.39 is 24.9 Å². The maximum Gasteiger partial charge on any atom is 0.151 e. The molecule has 0 radical (unpaired) electrons. The molecule has 0 saturated carbocycles. The molecular weight excluding hydrogens is 188 g/mol. The molecule has 0 aromatic rings. The van der Waals surface area contributed by atoms with Gasteiger partial charge in [0.1, 0.15) is 18.3 Å². The van der Waals surface area contributed by atoms with Gasteiger partial charge < -0.3 is 24.9 Å². The fraction of sp³-hybridized carbons (Fsp3) is 0.889. The molecule has 0 heterocycles. The zero-order valence-electron chi connectivity index (χ0n) is 8.30. The van der Waals surface area contributed by atoms with Crippen LogP contribution in [-0.4, -0.2) is 53.1 Å². The van der Waals surface area contributed by atoms with Crippen LogP contribution in [0.2, 0.25) is 0 Å². The van der Waals surface area contributed by atoms with E-state index in [2.05, 4.69) is 0 Å². The zero-order valence-corrected chi connectivity index (χ0v) is 8.30. The Morgan fingerprint density at radius 2 is 2.07 bits per heavy atom. The summed E-state index contributed by atoms with van der Waals surface area (Å²) >= 11 is 0. The lowest BCUT2D eigenvalue weighted by atomic mass is 10.1. The number of aldehydes is 1. The lowest BCUT2D eigenvalue weighted by molar-refractivity contribution is -0.137. The van der Waals surface area contributed by atoms with Gasteiger partial charge in [-0.05, 0) is 6.42 Å². The fourth-order valence-electron chi connectivity index (χ4n) is 0.982. The molecule has 0 unspecified atom stereocenters. The summed E-state index contributed by atoms with van der Waals surface area (Å²) in [5.74, 6) is 0. The molecule has 0 saturated heterocycles. The van der Waals surface area contributed by atoms with Gasteiger partial charge in [0.15, 0.2) is 6.29 Å². The van der Waals surface area contributed by atoms with Gasteiger partial charge in [0.25, 0.3) is 0 Å². The van der Waals surface area contributed by atoms with Gasteiger partial charge in [-0.15, -0.1) is 0 Å². The number of ether oxygens (including phenoxy) is 1. The highest BCUT2D eigenvalue weighted by atomic mass is 16.5. The molecular formula is C9H18O5. The van der Waals surface area contributed by atoms with Crippen molar-refractivity contribution < 1.29 is 24.9 Å². The summed E-state index contributed by atoms with van der Waals surface area (Å²) in [6.45, 7) is 1.78. The van der Waals surface area contributed by atoms with Crippen molar-refractivity contribution in [2.45, 2.75) is 38.1 Å². The van der Waals surface area contributed by atoms with Crippen LogP contribution in [-0.2, 0) is 9.53 Å². The van der Waals surface area contributed by atoms with Crippen molar-refractivity contribution in [2.75, 3.05) is 13.2 Å². The minimum atomic E-state index is -1.39. The molecule has 0 aliphatic carbocycles. The Morgan fingerprint density at radius 1 is 1.43 bits per heavy atom. The molecule has 3 N–H and O–H groups in total. The smallest absolute Gasteiger partial charge is 0.151 e. The second kappa shape index (κ2) is 7.87. The second-order valence-electron chi connectivity index (χ2n) is 3.07.